The molecule has 0 aliphatic carbocycles. The summed E-state index contributed by atoms with van der Waals surface area (Å²) in [6, 6.07) is 4.67. The number of aromatic nitrogens is 1. The molecule has 2 heterocycles. The molecule has 1 fully saturated rings. The predicted octanol–water partition coefficient (Wildman–Crippen LogP) is 1.48. The lowest BCUT2D eigenvalue weighted by Gasteiger charge is -2.42. The van der Waals surface area contributed by atoms with Crippen LogP contribution in [0.4, 0.5) is 0 Å². The van der Waals surface area contributed by atoms with E-state index in [-0.39, 0.29) is 0 Å². The molecule has 1 aromatic rings. The molecule has 0 N–H and O–H groups in total. The zero-order valence-electron chi connectivity index (χ0n) is 9.15. The molecule has 0 bridgehead atoms. The fourth-order valence-corrected chi connectivity index (χ4v) is 1.99. The molecule has 1 aromatic heterocycles. The van der Waals surface area contributed by atoms with Crippen LogP contribution in [0.25, 0.3) is 0 Å². The molecule has 0 amide bonds. The molecule has 0 atom stereocenters. The molecule has 2 rings (SSSR count). The van der Waals surface area contributed by atoms with Crippen LogP contribution in [-0.2, 0) is 6.54 Å². The smallest absolute Gasteiger partial charge is 0.129 e. The third-order valence-electron chi connectivity index (χ3n) is 2.87. The maximum atomic E-state index is 5.83. The topological polar surface area (TPSA) is 19.4 Å². The van der Waals surface area contributed by atoms with Crippen molar-refractivity contribution in [3.8, 4) is 0 Å². The molecule has 0 saturated carbocycles. The van der Waals surface area contributed by atoms with Gasteiger partial charge in [-0.1, -0.05) is 11.6 Å². The minimum absolute atomic E-state index is 0.581. The highest BCUT2D eigenvalue weighted by Gasteiger charge is 2.27. The van der Waals surface area contributed by atoms with Crippen molar-refractivity contribution in [3.63, 3.8) is 0 Å². The summed E-state index contributed by atoms with van der Waals surface area (Å²) in [6.45, 7) is 3.27. The van der Waals surface area contributed by atoms with Crippen molar-refractivity contribution in [2.24, 2.45) is 0 Å². The number of pyridine rings is 1. The van der Waals surface area contributed by atoms with Gasteiger partial charge in [-0.3, -0.25) is 4.90 Å². The predicted molar refractivity (Wildman–Crippen MR) is 62.0 cm³/mol. The van der Waals surface area contributed by atoms with Gasteiger partial charge in [0.15, 0.2) is 0 Å². The fraction of sp³-hybridized carbons (Fsp3) is 0.545. The lowest BCUT2D eigenvalue weighted by molar-refractivity contribution is 0.0574. The van der Waals surface area contributed by atoms with Crippen LogP contribution in [0, 0.1) is 0 Å². The average molecular weight is 226 g/mol. The van der Waals surface area contributed by atoms with Crippen molar-refractivity contribution in [2.75, 3.05) is 27.2 Å². The summed E-state index contributed by atoms with van der Waals surface area (Å²) in [5, 5.41) is 0.581. The first-order chi connectivity index (χ1) is 7.15. The molecular weight excluding hydrogens is 210 g/mol. The van der Waals surface area contributed by atoms with Crippen molar-refractivity contribution in [2.45, 2.75) is 12.6 Å². The number of rotatable bonds is 3. The average Bonchev–Trinajstić information content (AvgIpc) is 2.10. The largest absolute Gasteiger partial charge is 0.304 e. The summed E-state index contributed by atoms with van der Waals surface area (Å²) in [5.74, 6) is 0. The van der Waals surface area contributed by atoms with Crippen molar-refractivity contribution in [1.82, 2.24) is 14.8 Å². The first kappa shape index (κ1) is 10.9. The van der Waals surface area contributed by atoms with Crippen LogP contribution in [0.3, 0.4) is 0 Å². The fourth-order valence-electron chi connectivity index (χ4n) is 1.80. The van der Waals surface area contributed by atoms with Crippen LogP contribution < -0.4 is 0 Å². The Balaban J connectivity index is 1.85. The summed E-state index contributed by atoms with van der Waals surface area (Å²) in [4.78, 5) is 8.66. The Hall–Kier alpha value is -0.640. The minimum Gasteiger partial charge on any atom is -0.304 e. The highest BCUT2D eigenvalue weighted by Crippen LogP contribution is 2.17. The van der Waals surface area contributed by atoms with Gasteiger partial charge in [0.25, 0.3) is 0 Å². The third-order valence-corrected chi connectivity index (χ3v) is 3.07. The van der Waals surface area contributed by atoms with E-state index < -0.39 is 0 Å². The minimum atomic E-state index is 0.581. The second-order valence-corrected chi connectivity index (χ2v) is 4.69. The summed E-state index contributed by atoms with van der Waals surface area (Å²) < 4.78 is 0. The number of nitrogens with zero attached hydrogens (tertiary/aromatic N) is 3. The van der Waals surface area contributed by atoms with E-state index in [0.29, 0.717) is 11.2 Å². The molecule has 82 valence electrons. The Morgan fingerprint density at radius 2 is 2.27 bits per heavy atom. The number of likely N-dealkylation sites (N-methyl/N-ethyl adjacent to an activating group) is 1. The Kier molecular flexibility index (Phi) is 3.24. The normalized spacial score (nSPS) is 18.1. The van der Waals surface area contributed by atoms with Gasteiger partial charge in [-0.15, -0.1) is 0 Å². The lowest BCUT2D eigenvalue weighted by atomic mass is 10.1. The standard InChI is InChI=1S/C11H16ClN3/c1-14(2)10-7-15(8-10)6-9-3-4-13-11(12)5-9/h3-5,10H,6-8H2,1-2H3. The molecule has 1 aliphatic heterocycles. The highest BCUT2D eigenvalue weighted by atomic mass is 35.5. The maximum absolute atomic E-state index is 5.83. The molecule has 4 heteroatoms. The van der Waals surface area contributed by atoms with Gasteiger partial charge in [-0.25, -0.2) is 4.98 Å². The van der Waals surface area contributed by atoms with Gasteiger partial charge < -0.3 is 4.90 Å². The maximum Gasteiger partial charge on any atom is 0.129 e. The molecular formula is C11H16ClN3. The van der Waals surface area contributed by atoms with E-state index in [0.717, 1.165) is 19.6 Å². The van der Waals surface area contributed by atoms with Gasteiger partial charge in [0.05, 0.1) is 0 Å². The Morgan fingerprint density at radius 3 is 2.87 bits per heavy atom. The van der Waals surface area contributed by atoms with E-state index in [2.05, 4.69) is 28.9 Å². The molecule has 1 aliphatic rings. The molecule has 15 heavy (non-hydrogen) atoms. The van der Waals surface area contributed by atoms with Crippen molar-refractivity contribution >= 4 is 11.6 Å². The molecule has 3 nitrogen and oxygen atoms in total. The molecule has 1 saturated heterocycles. The molecule has 0 unspecified atom stereocenters. The molecule has 0 aromatic carbocycles. The van der Waals surface area contributed by atoms with Gasteiger partial charge in [-0.2, -0.15) is 0 Å². The highest BCUT2D eigenvalue weighted by molar-refractivity contribution is 6.29. The first-order valence-corrected chi connectivity index (χ1v) is 5.52. The summed E-state index contributed by atoms with van der Waals surface area (Å²) in [7, 11) is 4.26. The van der Waals surface area contributed by atoms with Gasteiger partial charge in [0.2, 0.25) is 0 Å². The Bertz CT molecular complexity index is 334. The second kappa shape index (κ2) is 4.47. The lowest BCUT2D eigenvalue weighted by Crippen LogP contribution is -2.56. The van der Waals surface area contributed by atoms with E-state index >= 15 is 0 Å². The van der Waals surface area contributed by atoms with Crippen molar-refractivity contribution < 1.29 is 0 Å². The molecule has 0 radical (unpaired) electrons. The van der Waals surface area contributed by atoms with E-state index in [4.69, 9.17) is 11.6 Å². The number of hydrogen-bond donors (Lipinski definition) is 0. The van der Waals surface area contributed by atoms with Crippen LogP contribution in [0.15, 0.2) is 18.3 Å². The number of likely N-dealkylation sites (tertiary alicyclic amines) is 1. The zero-order chi connectivity index (χ0) is 10.8. The third kappa shape index (κ3) is 2.68. The Morgan fingerprint density at radius 1 is 1.53 bits per heavy atom. The van der Waals surface area contributed by atoms with Gasteiger partial charge in [-0.05, 0) is 31.8 Å². The SMILES string of the molecule is CN(C)C1CN(Cc2ccnc(Cl)c2)C1. The van der Waals surface area contributed by atoms with Crippen molar-refractivity contribution in [1.29, 1.82) is 0 Å². The Labute approximate surface area is 95.7 Å². The second-order valence-electron chi connectivity index (χ2n) is 4.30. The summed E-state index contributed by atoms with van der Waals surface area (Å²) >= 11 is 5.83. The quantitative estimate of drug-likeness (QED) is 0.727. The number of halogens is 1. The first-order valence-electron chi connectivity index (χ1n) is 5.14. The zero-order valence-corrected chi connectivity index (χ0v) is 9.91. The van der Waals surface area contributed by atoms with E-state index in [9.17, 15) is 0 Å². The van der Waals surface area contributed by atoms with Crippen molar-refractivity contribution in [3.05, 3.63) is 29.0 Å². The van der Waals surface area contributed by atoms with E-state index in [1.165, 1.54) is 5.56 Å². The van der Waals surface area contributed by atoms with Crippen LogP contribution in [0.1, 0.15) is 5.56 Å². The van der Waals surface area contributed by atoms with Gasteiger partial charge in [0, 0.05) is 31.9 Å². The van der Waals surface area contributed by atoms with Crippen LogP contribution >= 0.6 is 11.6 Å². The summed E-state index contributed by atoms with van der Waals surface area (Å²) in [5.41, 5.74) is 1.24. The van der Waals surface area contributed by atoms with Gasteiger partial charge >= 0.3 is 0 Å². The summed E-state index contributed by atoms with van der Waals surface area (Å²) in [6.07, 6.45) is 1.76. The van der Waals surface area contributed by atoms with Crippen LogP contribution in [0.5, 0.6) is 0 Å². The number of hydrogen-bond acceptors (Lipinski definition) is 3. The van der Waals surface area contributed by atoms with E-state index in [1.807, 2.05) is 12.1 Å². The van der Waals surface area contributed by atoms with Crippen LogP contribution in [0.2, 0.25) is 5.15 Å². The monoisotopic (exact) mass is 225 g/mol. The van der Waals surface area contributed by atoms with Crippen LogP contribution in [-0.4, -0.2) is 48.0 Å². The van der Waals surface area contributed by atoms with E-state index in [1.54, 1.807) is 6.20 Å². The molecule has 0 spiro atoms. The van der Waals surface area contributed by atoms with Gasteiger partial charge in [0.1, 0.15) is 5.15 Å².